The predicted octanol–water partition coefficient (Wildman–Crippen LogP) is 1.61. The number of hydrogen-bond acceptors (Lipinski definition) is 4. The second-order valence-corrected chi connectivity index (χ2v) is 4.50. The molecule has 1 aromatic heterocycles. The van der Waals surface area contributed by atoms with E-state index >= 15 is 0 Å². The Morgan fingerprint density at radius 1 is 1.50 bits per heavy atom. The number of ether oxygens (including phenoxy) is 1. The van der Waals surface area contributed by atoms with Crippen molar-refractivity contribution in [2.45, 2.75) is 19.8 Å². The summed E-state index contributed by atoms with van der Waals surface area (Å²) in [4.78, 5) is 25.5. The zero-order valence-corrected chi connectivity index (χ0v) is 10.6. The van der Waals surface area contributed by atoms with Crippen LogP contribution >= 0.6 is 0 Å². The number of piperidine rings is 1. The molecule has 0 aliphatic carbocycles. The first-order valence-electron chi connectivity index (χ1n) is 6.04. The van der Waals surface area contributed by atoms with Gasteiger partial charge in [-0.2, -0.15) is 0 Å². The van der Waals surface area contributed by atoms with E-state index in [1.807, 2.05) is 0 Å². The molecule has 1 atom stereocenters. The van der Waals surface area contributed by atoms with Gasteiger partial charge in [0, 0.05) is 13.1 Å². The van der Waals surface area contributed by atoms with Gasteiger partial charge in [-0.05, 0) is 25.8 Å². The molecule has 0 bridgehead atoms. The maximum absolute atomic E-state index is 12.3. The van der Waals surface area contributed by atoms with Crippen LogP contribution in [0.3, 0.4) is 0 Å². The molecular weight excluding hydrogens is 234 g/mol. The number of amides is 1. The summed E-state index contributed by atoms with van der Waals surface area (Å²) in [6, 6.07) is 1.67. The molecule has 1 aliphatic rings. The third-order valence-corrected chi connectivity index (χ3v) is 3.33. The highest BCUT2D eigenvalue weighted by atomic mass is 16.5. The number of rotatable bonds is 2. The summed E-state index contributed by atoms with van der Waals surface area (Å²) < 4.78 is 9.87. The number of carbonyl (C=O) groups excluding carboxylic acids is 2. The maximum Gasteiger partial charge on any atom is 0.310 e. The zero-order chi connectivity index (χ0) is 13.1. The molecule has 5 nitrogen and oxygen atoms in total. The topological polar surface area (TPSA) is 59.8 Å². The van der Waals surface area contributed by atoms with Gasteiger partial charge >= 0.3 is 5.97 Å². The van der Waals surface area contributed by atoms with Gasteiger partial charge in [0.05, 0.1) is 24.9 Å². The number of methoxy groups -OCH3 is 1. The summed E-state index contributed by atoms with van der Waals surface area (Å²) in [5.41, 5.74) is 0.570. The first-order chi connectivity index (χ1) is 8.63. The number of carbonyl (C=O) groups is 2. The minimum Gasteiger partial charge on any atom is -0.469 e. The Balaban J connectivity index is 2.07. The number of furan rings is 1. The van der Waals surface area contributed by atoms with E-state index in [4.69, 9.17) is 9.15 Å². The van der Waals surface area contributed by atoms with Gasteiger partial charge in [-0.15, -0.1) is 0 Å². The van der Waals surface area contributed by atoms with Crippen LogP contribution in [0.25, 0.3) is 0 Å². The quantitative estimate of drug-likeness (QED) is 0.749. The molecular formula is C13H17NO4. The summed E-state index contributed by atoms with van der Waals surface area (Å²) in [6.45, 7) is 2.86. The molecule has 1 aromatic rings. The molecule has 0 unspecified atom stereocenters. The normalized spacial score (nSPS) is 19.7. The fraction of sp³-hybridized carbons (Fsp3) is 0.538. The zero-order valence-electron chi connectivity index (χ0n) is 10.6. The van der Waals surface area contributed by atoms with Crippen LogP contribution in [-0.4, -0.2) is 37.0 Å². The van der Waals surface area contributed by atoms with Crippen LogP contribution in [0.4, 0.5) is 0 Å². The van der Waals surface area contributed by atoms with Crippen LogP contribution in [0, 0.1) is 12.8 Å². The van der Waals surface area contributed by atoms with Gasteiger partial charge in [0.15, 0.2) is 0 Å². The van der Waals surface area contributed by atoms with E-state index in [9.17, 15) is 9.59 Å². The van der Waals surface area contributed by atoms with E-state index in [0.717, 1.165) is 12.8 Å². The molecule has 18 heavy (non-hydrogen) atoms. The Bertz CT molecular complexity index is 452. The van der Waals surface area contributed by atoms with Gasteiger partial charge in [-0.1, -0.05) is 0 Å². The largest absolute Gasteiger partial charge is 0.469 e. The average Bonchev–Trinajstić information content (AvgIpc) is 2.83. The average molecular weight is 251 g/mol. The van der Waals surface area contributed by atoms with E-state index in [1.165, 1.54) is 13.4 Å². The SMILES string of the molecule is COC(=O)[C@H]1CCCN(C(=O)c2ccoc2C)C1. The number of esters is 1. The molecule has 98 valence electrons. The third-order valence-electron chi connectivity index (χ3n) is 3.33. The summed E-state index contributed by atoms with van der Waals surface area (Å²) in [5.74, 6) is 0.0892. The van der Waals surface area contributed by atoms with Crippen LogP contribution in [0.5, 0.6) is 0 Å². The van der Waals surface area contributed by atoms with E-state index < -0.39 is 0 Å². The standard InChI is InChI=1S/C13H17NO4/c1-9-11(5-7-18-9)12(15)14-6-3-4-10(8-14)13(16)17-2/h5,7,10H,3-4,6,8H2,1-2H3/t10-/m0/s1. The van der Waals surface area contributed by atoms with Crippen molar-refractivity contribution in [3.05, 3.63) is 23.7 Å². The van der Waals surface area contributed by atoms with Crippen molar-refractivity contribution in [2.75, 3.05) is 20.2 Å². The van der Waals surface area contributed by atoms with Gasteiger partial charge in [0.1, 0.15) is 5.76 Å². The van der Waals surface area contributed by atoms with Gasteiger partial charge in [0.25, 0.3) is 5.91 Å². The molecule has 0 N–H and O–H groups in total. The fourth-order valence-electron chi connectivity index (χ4n) is 2.30. The van der Waals surface area contributed by atoms with Gasteiger partial charge in [-0.3, -0.25) is 9.59 Å². The highest BCUT2D eigenvalue weighted by Gasteiger charge is 2.30. The Morgan fingerprint density at radius 3 is 2.89 bits per heavy atom. The van der Waals surface area contributed by atoms with Crippen molar-refractivity contribution in [1.29, 1.82) is 0 Å². The molecule has 1 fully saturated rings. The van der Waals surface area contributed by atoms with Crippen molar-refractivity contribution in [3.8, 4) is 0 Å². The lowest BCUT2D eigenvalue weighted by Crippen LogP contribution is -2.42. The lowest BCUT2D eigenvalue weighted by Gasteiger charge is -2.31. The molecule has 1 saturated heterocycles. The second-order valence-electron chi connectivity index (χ2n) is 4.50. The lowest BCUT2D eigenvalue weighted by atomic mass is 9.97. The van der Waals surface area contributed by atoms with E-state index in [1.54, 1.807) is 17.9 Å². The smallest absolute Gasteiger partial charge is 0.310 e. The van der Waals surface area contributed by atoms with E-state index in [-0.39, 0.29) is 17.8 Å². The van der Waals surface area contributed by atoms with Crippen LogP contribution in [0.15, 0.2) is 16.7 Å². The third kappa shape index (κ3) is 2.39. The first kappa shape index (κ1) is 12.7. The van der Waals surface area contributed by atoms with E-state index in [2.05, 4.69) is 0 Å². The summed E-state index contributed by atoms with van der Waals surface area (Å²) in [7, 11) is 1.38. The molecule has 1 aliphatic heterocycles. The highest BCUT2D eigenvalue weighted by molar-refractivity contribution is 5.95. The van der Waals surface area contributed by atoms with Crippen molar-refractivity contribution < 1.29 is 18.7 Å². The Morgan fingerprint density at radius 2 is 2.28 bits per heavy atom. The van der Waals surface area contributed by atoms with Crippen LogP contribution in [-0.2, 0) is 9.53 Å². The molecule has 1 amide bonds. The van der Waals surface area contributed by atoms with Crippen molar-refractivity contribution in [1.82, 2.24) is 4.90 Å². The number of hydrogen-bond donors (Lipinski definition) is 0. The van der Waals surface area contributed by atoms with Gasteiger partial charge in [-0.25, -0.2) is 0 Å². The van der Waals surface area contributed by atoms with Crippen LogP contribution in [0.1, 0.15) is 29.0 Å². The second kappa shape index (κ2) is 5.25. The summed E-state index contributed by atoms with van der Waals surface area (Å²) in [6.07, 6.45) is 3.10. The Labute approximate surface area is 106 Å². The summed E-state index contributed by atoms with van der Waals surface area (Å²) >= 11 is 0. The molecule has 5 heteroatoms. The summed E-state index contributed by atoms with van der Waals surface area (Å²) in [5, 5.41) is 0. The minimum atomic E-state index is -0.239. The molecule has 0 saturated carbocycles. The van der Waals surface area contributed by atoms with Crippen molar-refractivity contribution in [2.24, 2.45) is 5.92 Å². The van der Waals surface area contributed by atoms with Crippen molar-refractivity contribution in [3.63, 3.8) is 0 Å². The number of likely N-dealkylation sites (tertiary alicyclic amines) is 1. The van der Waals surface area contributed by atoms with Crippen LogP contribution < -0.4 is 0 Å². The predicted molar refractivity (Wildman–Crippen MR) is 64.1 cm³/mol. The van der Waals surface area contributed by atoms with Gasteiger partial charge < -0.3 is 14.1 Å². The molecule has 2 rings (SSSR count). The molecule has 0 spiro atoms. The minimum absolute atomic E-state index is 0.0742. The van der Waals surface area contributed by atoms with Crippen LogP contribution in [0.2, 0.25) is 0 Å². The Hall–Kier alpha value is -1.78. The first-order valence-corrected chi connectivity index (χ1v) is 6.04. The lowest BCUT2D eigenvalue weighted by molar-refractivity contribution is -0.146. The van der Waals surface area contributed by atoms with Crippen molar-refractivity contribution >= 4 is 11.9 Å². The molecule has 2 heterocycles. The Kier molecular flexibility index (Phi) is 3.69. The number of aryl methyl sites for hydroxylation is 1. The fourth-order valence-corrected chi connectivity index (χ4v) is 2.30. The highest BCUT2D eigenvalue weighted by Crippen LogP contribution is 2.21. The van der Waals surface area contributed by atoms with E-state index in [0.29, 0.717) is 24.4 Å². The maximum atomic E-state index is 12.3. The molecule has 0 radical (unpaired) electrons. The molecule has 0 aromatic carbocycles. The number of nitrogens with zero attached hydrogens (tertiary/aromatic N) is 1. The van der Waals surface area contributed by atoms with Gasteiger partial charge in [0.2, 0.25) is 0 Å². The monoisotopic (exact) mass is 251 g/mol.